The highest BCUT2D eigenvalue weighted by Gasteiger charge is 2.20. The van der Waals surface area contributed by atoms with E-state index in [1.807, 2.05) is 37.4 Å². The minimum Gasteiger partial charge on any atom is -0.497 e. The molecule has 0 bridgehead atoms. The summed E-state index contributed by atoms with van der Waals surface area (Å²) in [5, 5.41) is 7.46. The third-order valence-electron chi connectivity index (χ3n) is 5.19. The molecule has 1 aromatic carbocycles. The normalized spacial score (nSPS) is 14.6. The molecule has 1 aliphatic heterocycles. The number of pyridine rings is 1. The number of ether oxygens (including phenoxy) is 1. The van der Waals surface area contributed by atoms with E-state index in [4.69, 9.17) is 9.26 Å². The lowest BCUT2D eigenvalue weighted by atomic mass is 10.2. The van der Waals surface area contributed by atoms with Crippen molar-refractivity contribution in [2.75, 3.05) is 51.8 Å². The Morgan fingerprint density at radius 1 is 1.16 bits per heavy atom. The van der Waals surface area contributed by atoms with E-state index < -0.39 is 0 Å². The number of guanidine groups is 1. The molecule has 3 heterocycles. The van der Waals surface area contributed by atoms with Crippen molar-refractivity contribution in [3.05, 3.63) is 54.5 Å². The van der Waals surface area contributed by atoms with Crippen LogP contribution in [0.4, 0.5) is 5.69 Å². The summed E-state index contributed by atoms with van der Waals surface area (Å²) in [4.78, 5) is 17.7. The molecule has 1 aliphatic rings. The van der Waals surface area contributed by atoms with Crippen LogP contribution in [0, 0.1) is 0 Å². The van der Waals surface area contributed by atoms with Crippen LogP contribution in [0.1, 0.15) is 5.82 Å². The molecule has 9 nitrogen and oxygen atoms in total. The van der Waals surface area contributed by atoms with E-state index in [-0.39, 0.29) is 0 Å². The lowest BCUT2D eigenvalue weighted by Gasteiger charge is -2.37. The van der Waals surface area contributed by atoms with Crippen molar-refractivity contribution in [2.24, 2.45) is 4.99 Å². The molecule has 3 aromatic rings. The monoisotopic (exact) mass is 421 g/mol. The Bertz CT molecular complexity index is 998. The van der Waals surface area contributed by atoms with E-state index in [1.54, 1.807) is 13.3 Å². The molecule has 0 spiro atoms. The van der Waals surface area contributed by atoms with Gasteiger partial charge in [0.2, 0.25) is 0 Å². The molecular formula is C22H27N7O2. The second-order valence-corrected chi connectivity index (χ2v) is 7.13. The van der Waals surface area contributed by atoms with Crippen LogP contribution in [0.2, 0.25) is 0 Å². The van der Waals surface area contributed by atoms with Gasteiger partial charge in [-0.25, -0.2) is 0 Å². The molecule has 0 amide bonds. The van der Waals surface area contributed by atoms with Crippen LogP contribution >= 0.6 is 0 Å². The number of nitrogens with zero attached hydrogens (tertiary/aromatic N) is 6. The summed E-state index contributed by atoms with van der Waals surface area (Å²) in [5.74, 6) is 2.85. The predicted molar refractivity (Wildman–Crippen MR) is 119 cm³/mol. The maximum atomic E-state index is 5.34. The van der Waals surface area contributed by atoms with Gasteiger partial charge in [-0.1, -0.05) is 17.3 Å². The zero-order valence-corrected chi connectivity index (χ0v) is 17.9. The lowest BCUT2D eigenvalue weighted by molar-refractivity contribution is 0.372. The van der Waals surface area contributed by atoms with Gasteiger partial charge in [0.25, 0.3) is 5.89 Å². The van der Waals surface area contributed by atoms with Crippen LogP contribution in [0.15, 0.2) is 58.2 Å². The number of aromatic nitrogens is 3. The second-order valence-electron chi connectivity index (χ2n) is 7.13. The summed E-state index contributed by atoms with van der Waals surface area (Å²) in [6.45, 7) is 4.30. The second kappa shape index (κ2) is 9.92. The standard InChI is InChI=1S/C22H27N7O2/c1-23-22(25-11-9-20-26-21(31-27-20)19-8-3-4-10-24-19)29-14-12-28(13-15-29)17-6-5-7-18(16-17)30-2/h3-8,10,16H,9,11-15H2,1-2H3,(H,23,25). The highest BCUT2D eigenvalue weighted by molar-refractivity contribution is 5.80. The Morgan fingerprint density at radius 3 is 2.77 bits per heavy atom. The Kier molecular flexibility index (Phi) is 6.61. The molecule has 0 saturated carbocycles. The largest absolute Gasteiger partial charge is 0.497 e. The summed E-state index contributed by atoms with van der Waals surface area (Å²) in [6, 6.07) is 13.8. The first-order valence-electron chi connectivity index (χ1n) is 10.4. The van der Waals surface area contributed by atoms with Crippen molar-refractivity contribution in [3.63, 3.8) is 0 Å². The average molecular weight is 422 g/mol. The van der Waals surface area contributed by atoms with Crippen molar-refractivity contribution in [1.29, 1.82) is 0 Å². The lowest BCUT2D eigenvalue weighted by Crippen LogP contribution is -2.52. The van der Waals surface area contributed by atoms with Gasteiger partial charge in [-0.2, -0.15) is 4.98 Å². The van der Waals surface area contributed by atoms with Crippen molar-refractivity contribution in [3.8, 4) is 17.3 Å². The van der Waals surface area contributed by atoms with E-state index in [9.17, 15) is 0 Å². The maximum Gasteiger partial charge on any atom is 0.276 e. The third-order valence-corrected chi connectivity index (χ3v) is 5.19. The number of nitrogens with one attached hydrogen (secondary N) is 1. The number of piperazine rings is 1. The smallest absolute Gasteiger partial charge is 0.276 e. The summed E-state index contributed by atoms with van der Waals surface area (Å²) in [7, 11) is 3.50. The van der Waals surface area contributed by atoms with Gasteiger partial charge in [-0.3, -0.25) is 9.98 Å². The number of aliphatic imine (C=N–C) groups is 1. The maximum absolute atomic E-state index is 5.34. The minimum absolute atomic E-state index is 0.439. The average Bonchev–Trinajstić information content (AvgIpc) is 3.32. The SMILES string of the molecule is CN=C(NCCc1noc(-c2ccccn2)n1)N1CCN(c2cccc(OC)c2)CC1. The molecular weight excluding hydrogens is 394 g/mol. The van der Waals surface area contributed by atoms with Crippen LogP contribution in [-0.2, 0) is 6.42 Å². The topological polar surface area (TPSA) is 91.9 Å². The first kappa shape index (κ1) is 20.6. The van der Waals surface area contributed by atoms with Gasteiger partial charge in [0.15, 0.2) is 11.8 Å². The molecule has 31 heavy (non-hydrogen) atoms. The Balaban J connectivity index is 1.26. The summed E-state index contributed by atoms with van der Waals surface area (Å²) in [6.07, 6.45) is 2.35. The molecule has 0 aliphatic carbocycles. The van der Waals surface area contributed by atoms with Crippen LogP contribution in [-0.4, -0.2) is 72.9 Å². The van der Waals surface area contributed by atoms with Crippen molar-refractivity contribution < 1.29 is 9.26 Å². The number of hydrogen-bond acceptors (Lipinski definition) is 7. The summed E-state index contributed by atoms with van der Waals surface area (Å²) >= 11 is 0. The zero-order valence-electron chi connectivity index (χ0n) is 17.9. The minimum atomic E-state index is 0.439. The molecule has 1 fully saturated rings. The van der Waals surface area contributed by atoms with Gasteiger partial charge in [0.1, 0.15) is 11.4 Å². The quantitative estimate of drug-likeness (QED) is 0.478. The number of methoxy groups -OCH3 is 1. The number of anilines is 1. The molecule has 2 aromatic heterocycles. The van der Waals surface area contributed by atoms with E-state index in [2.05, 4.69) is 47.4 Å². The Labute approximate surface area is 181 Å². The molecule has 0 atom stereocenters. The van der Waals surface area contributed by atoms with E-state index in [0.717, 1.165) is 37.9 Å². The first-order valence-corrected chi connectivity index (χ1v) is 10.4. The van der Waals surface area contributed by atoms with E-state index in [1.165, 1.54) is 5.69 Å². The Hall–Kier alpha value is -3.62. The summed E-state index contributed by atoms with van der Waals surface area (Å²) in [5.41, 5.74) is 1.86. The molecule has 0 radical (unpaired) electrons. The van der Waals surface area contributed by atoms with Crippen LogP contribution < -0.4 is 15.0 Å². The highest BCUT2D eigenvalue weighted by Crippen LogP contribution is 2.22. The van der Waals surface area contributed by atoms with Crippen molar-refractivity contribution in [2.45, 2.75) is 6.42 Å². The van der Waals surface area contributed by atoms with Crippen LogP contribution in [0.3, 0.4) is 0 Å². The van der Waals surface area contributed by atoms with Gasteiger partial charge in [-0.05, 0) is 24.3 Å². The molecule has 162 valence electrons. The van der Waals surface area contributed by atoms with Crippen molar-refractivity contribution >= 4 is 11.6 Å². The highest BCUT2D eigenvalue weighted by atomic mass is 16.5. The van der Waals surface area contributed by atoms with Gasteiger partial charge >= 0.3 is 0 Å². The fourth-order valence-corrected chi connectivity index (χ4v) is 3.55. The third kappa shape index (κ3) is 5.11. The number of hydrogen-bond donors (Lipinski definition) is 1. The predicted octanol–water partition coefficient (Wildman–Crippen LogP) is 2.08. The molecule has 1 saturated heterocycles. The van der Waals surface area contributed by atoms with E-state index >= 15 is 0 Å². The van der Waals surface area contributed by atoms with Crippen molar-refractivity contribution in [1.82, 2.24) is 25.3 Å². The van der Waals surface area contributed by atoms with Gasteiger partial charge in [0.05, 0.1) is 7.11 Å². The zero-order chi connectivity index (χ0) is 21.5. The van der Waals surface area contributed by atoms with Gasteiger partial charge in [0, 0.05) is 64.1 Å². The van der Waals surface area contributed by atoms with Gasteiger partial charge in [-0.15, -0.1) is 0 Å². The molecule has 9 heteroatoms. The fourth-order valence-electron chi connectivity index (χ4n) is 3.55. The van der Waals surface area contributed by atoms with E-state index in [0.29, 0.717) is 30.4 Å². The first-order chi connectivity index (χ1) is 15.3. The van der Waals surface area contributed by atoms with Crippen LogP contribution in [0.25, 0.3) is 11.6 Å². The molecule has 0 unspecified atom stereocenters. The van der Waals surface area contributed by atoms with Gasteiger partial charge < -0.3 is 24.4 Å². The fraction of sp³-hybridized carbons (Fsp3) is 0.364. The Morgan fingerprint density at radius 2 is 2.03 bits per heavy atom. The number of rotatable bonds is 6. The number of benzene rings is 1. The summed E-state index contributed by atoms with van der Waals surface area (Å²) < 4.78 is 10.7. The molecule has 4 rings (SSSR count). The molecule has 1 N–H and O–H groups in total. The van der Waals surface area contributed by atoms with Crippen LogP contribution in [0.5, 0.6) is 5.75 Å².